The minimum absolute atomic E-state index is 0.662. The normalized spacial score (nSPS) is 22.9. The van der Waals surface area contributed by atoms with Gasteiger partial charge in [0.05, 0.1) is 0 Å². The molecule has 3 N–H and O–H groups in total. The highest BCUT2D eigenvalue weighted by molar-refractivity contribution is 4.71. The van der Waals surface area contributed by atoms with Crippen LogP contribution in [0.5, 0.6) is 0 Å². The molecular weight excluding hydrogens is 140 g/mol. The van der Waals surface area contributed by atoms with Gasteiger partial charge >= 0.3 is 0 Å². The summed E-state index contributed by atoms with van der Waals surface area (Å²) in [4.78, 5) is 2.45. The van der Waals surface area contributed by atoms with Crippen molar-refractivity contribution >= 4 is 0 Å². The van der Waals surface area contributed by atoms with Crippen molar-refractivity contribution in [1.29, 1.82) is 0 Å². The van der Waals surface area contributed by atoms with Gasteiger partial charge in [-0.05, 0) is 13.8 Å². The summed E-state index contributed by atoms with van der Waals surface area (Å²) >= 11 is 0. The molecule has 0 aromatic carbocycles. The van der Waals surface area contributed by atoms with Crippen molar-refractivity contribution in [2.45, 2.75) is 19.9 Å². The van der Waals surface area contributed by atoms with Gasteiger partial charge in [-0.2, -0.15) is 5.53 Å². The molecule has 1 aliphatic heterocycles. The number of rotatable bonds is 2. The monoisotopic (exact) mass is 158 g/mol. The van der Waals surface area contributed by atoms with Crippen LogP contribution in [0.25, 0.3) is 0 Å². The number of nitrogens with zero attached hydrogens (tertiary/aromatic N) is 2. The van der Waals surface area contributed by atoms with Crippen LogP contribution in [0, 0.1) is 0 Å². The second-order valence-corrected chi connectivity index (χ2v) is 3.25. The van der Waals surface area contributed by atoms with E-state index in [4.69, 9.17) is 5.84 Å². The van der Waals surface area contributed by atoms with Crippen LogP contribution in [0.1, 0.15) is 13.8 Å². The van der Waals surface area contributed by atoms with E-state index in [2.05, 4.69) is 24.3 Å². The Hall–Kier alpha value is -0.160. The van der Waals surface area contributed by atoms with Crippen LogP contribution in [0.4, 0.5) is 0 Å². The molecule has 4 nitrogen and oxygen atoms in total. The van der Waals surface area contributed by atoms with Crippen LogP contribution in [0.15, 0.2) is 0 Å². The van der Waals surface area contributed by atoms with E-state index in [1.807, 2.05) is 5.01 Å². The van der Waals surface area contributed by atoms with Gasteiger partial charge in [0.15, 0.2) is 0 Å². The summed E-state index contributed by atoms with van der Waals surface area (Å²) in [5, 5.41) is 2.04. The van der Waals surface area contributed by atoms with Gasteiger partial charge in [0, 0.05) is 32.2 Å². The van der Waals surface area contributed by atoms with E-state index in [-0.39, 0.29) is 0 Å². The maximum absolute atomic E-state index is 5.28. The zero-order chi connectivity index (χ0) is 8.27. The molecule has 0 spiro atoms. The van der Waals surface area contributed by atoms with Crippen LogP contribution in [-0.2, 0) is 0 Å². The third-order valence-electron chi connectivity index (χ3n) is 2.23. The Kier molecular flexibility index (Phi) is 3.26. The number of hydrazine groups is 2. The van der Waals surface area contributed by atoms with Gasteiger partial charge in [0.2, 0.25) is 0 Å². The molecule has 0 aromatic rings. The van der Waals surface area contributed by atoms with Gasteiger partial charge in [0.1, 0.15) is 0 Å². The number of nitrogens with one attached hydrogen (secondary N) is 1. The average molecular weight is 158 g/mol. The summed E-state index contributed by atoms with van der Waals surface area (Å²) in [6.07, 6.45) is 0. The number of hydrogen-bond acceptors (Lipinski definition) is 4. The third-order valence-corrected chi connectivity index (χ3v) is 2.23. The zero-order valence-corrected chi connectivity index (χ0v) is 7.38. The number of piperazine rings is 1. The summed E-state index contributed by atoms with van der Waals surface area (Å²) in [7, 11) is 0. The third kappa shape index (κ3) is 2.41. The Bertz CT molecular complexity index is 107. The topological polar surface area (TPSA) is 44.5 Å². The van der Waals surface area contributed by atoms with E-state index < -0.39 is 0 Å². The maximum atomic E-state index is 5.28. The lowest BCUT2D eigenvalue weighted by atomic mass is 10.2. The first kappa shape index (κ1) is 8.93. The molecule has 1 rings (SSSR count). The lowest BCUT2D eigenvalue weighted by Crippen LogP contribution is -2.55. The van der Waals surface area contributed by atoms with Gasteiger partial charge in [-0.1, -0.05) is 0 Å². The SMILES string of the molecule is CC(C)N1CCN(NN)CC1. The molecular formula is C7H18N4. The molecule has 1 aliphatic rings. The van der Waals surface area contributed by atoms with Crippen LogP contribution >= 0.6 is 0 Å². The molecule has 0 aromatic heterocycles. The Morgan fingerprint density at radius 3 is 2.09 bits per heavy atom. The van der Waals surface area contributed by atoms with E-state index in [9.17, 15) is 0 Å². The molecule has 1 fully saturated rings. The Morgan fingerprint density at radius 2 is 1.73 bits per heavy atom. The fourth-order valence-corrected chi connectivity index (χ4v) is 1.37. The molecule has 0 saturated carbocycles. The second kappa shape index (κ2) is 4.01. The van der Waals surface area contributed by atoms with Gasteiger partial charge in [-0.25, -0.2) is 5.01 Å². The van der Waals surface area contributed by atoms with Crippen molar-refractivity contribution in [2.75, 3.05) is 26.2 Å². The Labute approximate surface area is 68.3 Å². The summed E-state index contributed by atoms with van der Waals surface area (Å²) in [6.45, 7) is 8.73. The van der Waals surface area contributed by atoms with Gasteiger partial charge in [-0.3, -0.25) is 10.7 Å². The average Bonchev–Trinajstić information content (AvgIpc) is 2.05. The van der Waals surface area contributed by atoms with Crippen molar-refractivity contribution in [3.05, 3.63) is 0 Å². The largest absolute Gasteiger partial charge is 0.298 e. The van der Waals surface area contributed by atoms with Crippen molar-refractivity contribution in [2.24, 2.45) is 5.84 Å². The summed E-state index contributed by atoms with van der Waals surface area (Å²) in [6, 6.07) is 0.662. The predicted octanol–water partition coefficient (Wildman–Crippen LogP) is -0.609. The predicted molar refractivity (Wildman–Crippen MR) is 45.6 cm³/mol. The molecule has 0 amide bonds. The molecule has 4 heteroatoms. The minimum atomic E-state index is 0.662. The van der Waals surface area contributed by atoms with E-state index in [1.54, 1.807) is 0 Å². The second-order valence-electron chi connectivity index (χ2n) is 3.25. The van der Waals surface area contributed by atoms with Crippen LogP contribution in [0.2, 0.25) is 0 Å². The fraction of sp³-hybridized carbons (Fsp3) is 1.00. The summed E-state index contributed by atoms with van der Waals surface area (Å²) in [5.41, 5.74) is 2.67. The molecule has 1 heterocycles. The lowest BCUT2D eigenvalue weighted by Gasteiger charge is -2.35. The van der Waals surface area contributed by atoms with E-state index >= 15 is 0 Å². The van der Waals surface area contributed by atoms with Gasteiger partial charge in [0.25, 0.3) is 0 Å². The molecule has 0 radical (unpaired) electrons. The fourth-order valence-electron chi connectivity index (χ4n) is 1.37. The quantitative estimate of drug-likeness (QED) is 0.416. The first-order chi connectivity index (χ1) is 5.24. The maximum Gasteiger partial charge on any atom is 0.0272 e. The molecule has 11 heavy (non-hydrogen) atoms. The smallest absolute Gasteiger partial charge is 0.0272 e. The number of hydrogen-bond donors (Lipinski definition) is 2. The highest BCUT2D eigenvalue weighted by Crippen LogP contribution is 2.02. The molecule has 0 unspecified atom stereocenters. The van der Waals surface area contributed by atoms with Crippen LogP contribution < -0.4 is 11.4 Å². The van der Waals surface area contributed by atoms with Crippen molar-refractivity contribution < 1.29 is 0 Å². The first-order valence-electron chi connectivity index (χ1n) is 4.19. The van der Waals surface area contributed by atoms with Crippen molar-refractivity contribution in [1.82, 2.24) is 15.4 Å². The van der Waals surface area contributed by atoms with E-state index in [0.29, 0.717) is 6.04 Å². The first-order valence-corrected chi connectivity index (χ1v) is 4.19. The summed E-state index contributed by atoms with van der Waals surface area (Å²) in [5.74, 6) is 5.28. The zero-order valence-electron chi connectivity index (χ0n) is 7.38. The molecule has 0 atom stereocenters. The Balaban J connectivity index is 2.24. The molecule has 66 valence electrons. The minimum Gasteiger partial charge on any atom is -0.298 e. The Morgan fingerprint density at radius 1 is 1.18 bits per heavy atom. The molecule has 0 bridgehead atoms. The summed E-state index contributed by atoms with van der Waals surface area (Å²) < 4.78 is 0. The van der Waals surface area contributed by atoms with Crippen molar-refractivity contribution in [3.8, 4) is 0 Å². The van der Waals surface area contributed by atoms with Crippen LogP contribution in [0.3, 0.4) is 0 Å². The van der Waals surface area contributed by atoms with Gasteiger partial charge < -0.3 is 0 Å². The van der Waals surface area contributed by atoms with Crippen LogP contribution in [-0.4, -0.2) is 42.1 Å². The highest BCUT2D eigenvalue weighted by atomic mass is 15.6. The van der Waals surface area contributed by atoms with Crippen molar-refractivity contribution in [3.63, 3.8) is 0 Å². The highest BCUT2D eigenvalue weighted by Gasteiger charge is 2.17. The van der Waals surface area contributed by atoms with E-state index in [1.165, 1.54) is 0 Å². The standard InChI is InChI=1S/C7H18N4/c1-7(2)10-3-5-11(9-8)6-4-10/h7,9H,3-6,8H2,1-2H3. The molecule has 1 saturated heterocycles. The molecule has 0 aliphatic carbocycles. The lowest BCUT2D eigenvalue weighted by molar-refractivity contribution is 0.0729. The van der Waals surface area contributed by atoms with Gasteiger partial charge in [-0.15, -0.1) is 0 Å². The van der Waals surface area contributed by atoms with E-state index in [0.717, 1.165) is 26.2 Å². The number of nitrogens with two attached hydrogens (primary N) is 1.